The van der Waals surface area contributed by atoms with Crippen LogP contribution in [0.2, 0.25) is 0 Å². The fourth-order valence-electron chi connectivity index (χ4n) is 3.69. The third-order valence-electron chi connectivity index (χ3n) is 5.14. The molecule has 2 unspecified atom stereocenters. The van der Waals surface area contributed by atoms with Crippen molar-refractivity contribution in [2.45, 2.75) is 32.4 Å². The van der Waals surface area contributed by atoms with E-state index in [4.69, 9.17) is 10.5 Å². The highest BCUT2D eigenvalue weighted by Gasteiger charge is 2.28. The fourth-order valence-corrected chi connectivity index (χ4v) is 3.69. The quantitative estimate of drug-likeness (QED) is 0.528. The van der Waals surface area contributed by atoms with Gasteiger partial charge in [0.1, 0.15) is 0 Å². The summed E-state index contributed by atoms with van der Waals surface area (Å²) in [6.45, 7) is 5.37. The molecule has 9 nitrogen and oxygen atoms in total. The normalized spacial score (nSPS) is 18.0. The largest absolute Gasteiger partial charge is 0.377 e. The van der Waals surface area contributed by atoms with Gasteiger partial charge in [0.2, 0.25) is 5.91 Å². The van der Waals surface area contributed by atoms with Gasteiger partial charge >= 0.3 is 6.03 Å². The standard InChI is InChI=1S/C23H29N5O4/c1-15-13-32-14-16(2)28(15)20-9-8-17(22(30)25-11-10-21(24)29)12-19(20)27-23(31)26-18-6-4-3-5-7-18/h3-9,12,15-16H,10-11,13-14H2,1-2H3,(H2,24,29)(H,25,30)(H2,26,27,31). The number of primary amides is 1. The molecule has 2 aromatic rings. The van der Waals surface area contributed by atoms with Crippen molar-refractivity contribution in [1.82, 2.24) is 5.32 Å². The van der Waals surface area contributed by atoms with Crippen molar-refractivity contribution in [1.29, 1.82) is 0 Å². The lowest BCUT2D eigenvalue weighted by Crippen LogP contribution is -2.50. The molecule has 0 saturated carbocycles. The molecule has 1 aliphatic heterocycles. The number of amides is 4. The molecule has 170 valence electrons. The van der Waals surface area contributed by atoms with Gasteiger partial charge in [-0.15, -0.1) is 0 Å². The number of rotatable bonds is 7. The molecule has 0 radical (unpaired) electrons. The Bertz CT molecular complexity index is 956. The highest BCUT2D eigenvalue weighted by Crippen LogP contribution is 2.32. The minimum atomic E-state index is -0.490. The third kappa shape index (κ3) is 5.98. The summed E-state index contributed by atoms with van der Waals surface area (Å²) in [5, 5.41) is 8.34. The number of nitrogens with two attached hydrogens (primary N) is 1. The van der Waals surface area contributed by atoms with Crippen molar-refractivity contribution in [3.05, 3.63) is 54.1 Å². The van der Waals surface area contributed by atoms with Gasteiger partial charge in [-0.3, -0.25) is 9.59 Å². The summed E-state index contributed by atoms with van der Waals surface area (Å²) in [7, 11) is 0. The Kier molecular flexibility index (Phi) is 7.67. The first-order valence-electron chi connectivity index (χ1n) is 10.5. The topological polar surface area (TPSA) is 126 Å². The number of carbonyl (C=O) groups excluding carboxylic acids is 3. The van der Waals surface area contributed by atoms with Gasteiger partial charge in [-0.25, -0.2) is 4.79 Å². The van der Waals surface area contributed by atoms with Crippen molar-refractivity contribution in [2.75, 3.05) is 35.3 Å². The van der Waals surface area contributed by atoms with Crippen LogP contribution in [-0.4, -0.2) is 49.7 Å². The molecule has 9 heteroatoms. The van der Waals surface area contributed by atoms with Crippen LogP contribution in [0.25, 0.3) is 0 Å². The molecular formula is C23H29N5O4. The molecule has 4 amide bonds. The molecule has 0 aromatic heterocycles. The number of benzene rings is 2. The van der Waals surface area contributed by atoms with E-state index in [1.54, 1.807) is 24.3 Å². The van der Waals surface area contributed by atoms with Gasteiger partial charge in [-0.05, 0) is 44.2 Å². The number of para-hydroxylation sites is 1. The van der Waals surface area contributed by atoms with Crippen LogP contribution in [-0.2, 0) is 9.53 Å². The second kappa shape index (κ2) is 10.6. The van der Waals surface area contributed by atoms with Crippen LogP contribution in [0.4, 0.5) is 21.9 Å². The van der Waals surface area contributed by atoms with E-state index in [9.17, 15) is 14.4 Å². The highest BCUT2D eigenvalue weighted by molar-refractivity contribution is 6.04. The molecule has 0 spiro atoms. The molecule has 5 N–H and O–H groups in total. The molecule has 2 aromatic carbocycles. The van der Waals surface area contributed by atoms with E-state index in [-0.39, 0.29) is 31.0 Å². The predicted molar refractivity (Wildman–Crippen MR) is 124 cm³/mol. The number of hydrogen-bond donors (Lipinski definition) is 4. The van der Waals surface area contributed by atoms with Crippen LogP contribution >= 0.6 is 0 Å². The van der Waals surface area contributed by atoms with Gasteiger partial charge in [0, 0.05) is 36.3 Å². The Morgan fingerprint density at radius 1 is 1.03 bits per heavy atom. The predicted octanol–water partition coefficient (Wildman–Crippen LogP) is 2.55. The average molecular weight is 440 g/mol. The van der Waals surface area contributed by atoms with Gasteiger partial charge in [0.15, 0.2) is 0 Å². The first-order valence-corrected chi connectivity index (χ1v) is 10.5. The number of urea groups is 1. The minimum absolute atomic E-state index is 0.0528. The second-order valence-electron chi connectivity index (χ2n) is 7.79. The van der Waals surface area contributed by atoms with E-state index >= 15 is 0 Å². The number of hydrogen-bond acceptors (Lipinski definition) is 5. The van der Waals surface area contributed by atoms with Crippen LogP contribution in [0.3, 0.4) is 0 Å². The van der Waals surface area contributed by atoms with Gasteiger partial charge in [0.25, 0.3) is 5.91 Å². The molecule has 2 atom stereocenters. The molecule has 1 aliphatic rings. The Morgan fingerprint density at radius 2 is 1.72 bits per heavy atom. The number of ether oxygens (including phenoxy) is 1. The van der Waals surface area contributed by atoms with Crippen molar-refractivity contribution in [3.63, 3.8) is 0 Å². The van der Waals surface area contributed by atoms with Crippen LogP contribution < -0.4 is 26.6 Å². The van der Waals surface area contributed by atoms with Gasteiger partial charge in [-0.1, -0.05) is 18.2 Å². The second-order valence-corrected chi connectivity index (χ2v) is 7.79. The monoisotopic (exact) mass is 439 g/mol. The maximum atomic E-state index is 12.7. The number of anilines is 3. The number of nitrogens with one attached hydrogen (secondary N) is 3. The molecule has 0 aliphatic carbocycles. The SMILES string of the molecule is CC1COCC(C)N1c1ccc(C(=O)NCCC(N)=O)cc1NC(=O)Nc1ccccc1. The molecule has 1 heterocycles. The first-order chi connectivity index (χ1) is 15.3. The molecule has 1 saturated heterocycles. The van der Waals surface area contributed by atoms with E-state index in [1.807, 2.05) is 38.1 Å². The van der Waals surface area contributed by atoms with Crippen LogP contribution in [0.1, 0.15) is 30.6 Å². The van der Waals surface area contributed by atoms with E-state index < -0.39 is 11.9 Å². The van der Waals surface area contributed by atoms with Crippen molar-refractivity contribution in [3.8, 4) is 0 Å². The third-order valence-corrected chi connectivity index (χ3v) is 5.14. The summed E-state index contributed by atoms with van der Waals surface area (Å²) in [6, 6.07) is 14.0. The van der Waals surface area contributed by atoms with Gasteiger partial charge in [0.05, 0.1) is 24.6 Å². The molecule has 32 heavy (non-hydrogen) atoms. The lowest BCUT2D eigenvalue weighted by Gasteiger charge is -2.41. The number of morpholine rings is 1. The van der Waals surface area contributed by atoms with Crippen LogP contribution in [0, 0.1) is 0 Å². The lowest BCUT2D eigenvalue weighted by molar-refractivity contribution is -0.117. The summed E-state index contributed by atoms with van der Waals surface area (Å²) in [4.78, 5) is 38.3. The van der Waals surface area contributed by atoms with Gasteiger partial charge < -0.3 is 31.3 Å². The van der Waals surface area contributed by atoms with E-state index in [0.29, 0.717) is 30.2 Å². The fraction of sp³-hybridized carbons (Fsp3) is 0.348. The minimum Gasteiger partial charge on any atom is -0.377 e. The van der Waals surface area contributed by atoms with Crippen LogP contribution in [0.5, 0.6) is 0 Å². The Morgan fingerprint density at radius 3 is 2.38 bits per heavy atom. The smallest absolute Gasteiger partial charge is 0.323 e. The zero-order chi connectivity index (χ0) is 23.1. The summed E-state index contributed by atoms with van der Waals surface area (Å²) in [5.74, 6) is -0.844. The summed E-state index contributed by atoms with van der Waals surface area (Å²) < 4.78 is 5.63. The van der Waals surface area contributed by atoms with Crippen molar-refractivity contribution >= 4 is 34.9 Å². The summed E-state index contributed by atoms with van der Waals surface area (Å²) >= 11 is 0. The Balaban J connectivity index is 1.85. The van der Waals surface area contributed by atoms with Gasteiger partial charge in [-0.2, -0.15) is 0 Å². The van der Waals surface area contributed by atoms with Crippen LogP contribution in [0.15, 0.2) is 48.5 Å². The average Bonchev–Trinajstić information content (AvgIpc) is 2.74. The van der Waals surface area contributed by atoms with E-state index in [1.165, 1.54) is 0 Å². The first kappa shape index (κ1) is 23.1. The van der Waals surface area contributed by atoms with Crippen molar-refractivity contribution < 1.29 is 19.1 Å². The zero-order valence-corrected chi connectivity index (χ0v) is 18.3. The Labute approximate surface area is 187 Å². The molecular weight excluding hydrogens is 410 g/mol. The van der Waals surface area contributed by atoms with E-state index in [0.717, 1.165) is 5.69 Å². The van der Waals surface area contributed by atoms with Crippen molar-refractivity contribution in [2.24, 2.45) is 5.73 Å². The maximum absolute atomic E-state index is 12.7. The summed E-state index contributed by atoms with van der Waals surface area (Å²) in [6.07, 6.45) is 0.0528. The molecule has 3 rings (SSSR count). The van der Waals surface area contributed by atoms with E-state index in [2.05, 4.69) is 20.9 Å². The molecule has 1 fully saturated rings. The number of nitrogens with zero attached hydrogens (tertiary/aromatic N) is 1. The maximum Gasteiger partial charge on any atom is 0.323 e. The zero-order valence-electron chi connectivity index (χ0n) is 18.3. The molecule has 0 bridgehead atoms. The highest BCUT2D eigenvalue weighted by atomic mass is 16.5. The number of carbonyl (C=O) groups is 3. The Hall–Kier alpha value is -3.59. The lowest BCUT2D eigenvalue weighted by atomic mass is 10.1. The summed E-state index contributed by atoms with van der Waals surface area (Å²) in [5.41, 5.74) is 7.44.